The summed E-state index contributed by atoms with van der Waals surface area (Å²) in [6, 6.07) is 9.18. The van der Waals surface area contributed by atoms with Gasteiger partial charge in [0.15, 0.2) is 0 Å². The highest BCUT2D eigenvalue weighted by molar-refractivity contribution is 5.90. The summed E-state index contributed by atoms with van der Waals surface area (Å²) in [6.07, 6.45) is 10.1. The van der Waals surface area contributed by atoms with E-state index in [1.165, 1.54) is 56.1 Å². The highest BCUT2D eigenvalue weighted by Crippen LogP contribution is 2.63. The Labute approximate surface area is 152 Å². The van der Waals surface area contributed by atoms with Gasteiger partial charge in [0.2, 0.25) is 5.91 Å². The smallest absolute Gasteiger partial charge is 0.233 e. The van der Waals surface area contributed by atoms with Crippen LogP contribution in [0.5, 0.6) is 0 Å². The number of carbonyl (C=O) groups excluding carboxylic acids is 1. The first kappa shape index (κ1) is 15.9. The van der Waals surface area contributed by atoms with Gasteiger partial charge in [-0.25, -0.2) is 0 Å². The third-order valence-electron chi connectivity index (χ3n) is 8.01. The van der Waals surface area contributed by atoms with E-state index in [-0.39, 0.29) is 5.41 Å². The average Bonchev–Trinajstić information content (AvgIpc) is 3.16. The fourth-order valence-electron chi connectivity index (χ4n) is 7.07. The molecule has 1 amide bonds. The number of likely N-dealkylation sites (tertiary alicyclic amines) is 1. The van der Waals surface area contributed by atoms with Crippen LogP contribution in [0.25, 0.3) is 0 Å². The van der Waals surface area contributed by atoms with E-state index in [1.807, 2.05) is 0 Å². The molecular weight excluding hydrogens is 306 g/mol. The van der Waals surface area contributed by atoms with Crippen LogP contribution >= 0.6 is 0 Å². The minimum absolute atomic E-state index is 0.204. The van der Waals surface area contributed by atoms with Gasteiger partial charge in [0.05, 0.1) is 5.41 Å². The van der Waals surface area contributed by atoms with E-state index in [2.05, 4.69) is 36.1 Å². The van der Waals surface area contributed by atoms with Crippen molar-refractivity contribution in [3.8, 4) is 0 Å². The van der Waals surface area contributed by atoms with Gasteiger partial charge in [-0.15, -0.1) is 0 Å². The topological polar surface area (TPSA) is 20.3 Å². The van der Waals surface area contributed by atoms with Crippen molar-refractivity contribution >= 4 is 5.91 Å². The normalized spacial score (nSPS) is 39.2. The molecule has 1 saturated heterocycles. The Morgan fingerprint density at radius 3 is 2.04 bits per heavy atom. The summed E-state index contributed by atoms with van der Waals surface area (Å²) in [4.78, 5) is 16.2. The van der Waals surface area contributed by atoms with Crippen molar-refractivity contribution < 1.29 is 4.79 Å². The maximum atomic E-state index is 13.9. The van der Waals surface area contributed by atoms with Crippen LogP contribution in [-0.2, 0) is 16.6 Å². The molecule has 5 fully saturated rings. The van der Waals surface area contributed by atoms with Gasteiger partial charge in [-0.3, -0.25) is 4.79 Å². The second-order valence-electron chi connectivity index (χ2n) is 9.22. The van der Waals surface area contributed by atoms with E-state index >= 15 is 0 Å². The maximum absolute atomic E-state index is 13.9. The Morgan fingerprint density at radius 1 is 0.960 bits per heavy atom. The minimum Gasteiger partial charge on any atom is -0.342 e. The highest BCUT2D eigenvalue weighted by Gasteiger charge is 2.62. The van der Waals surface area contributed by atoms with Crippen LogP contribution in [0.3, 0.4) is 0 Å². The molecule has 1 heterocycles. The fourth-order valence-corrected chi connectivity index (χ4v) is 7.07. The Hall–Kier alpha value is -1.31. The zero-order valence-electron chi connectivity index (χ0n) is 15.5. The van der Waals surface area contributed by atoms with Crippen molar-refractivity contribution in [3.05, 3.63) is 35.4 Å². The van der Waals surface area contributed by atoms with Crippen molar-refractivity contribution in [3.63, 3.8) is 0 Å². The van der Waals surface area contributed by atoms with E-state index in [0.717, 1.165) is 31.3 Å². The molecule has 1 aromatic rings. The molecule has 4 bridgehead atoms. The third kappa shape index (κ3) is 2.25. The van der Waals surface area contributed by atoms with Crippen molar-refractivity contribution in [2.75, 3.05) is 13.1 Å². The molecule has 2 nitrogen and oxygen atoms in total. The van der Waals surface area contributed by atoms with Gasteiger partial charge in [-0.1, -0.05) is 31.2 Å². The molecule has 0 aromatic heterocycles. The number of benzene rings is 1. The standard InChI is InChI=1S/C23H31NO/c1-2-16-5-7-19(8-6-16)23(22(25)24-9-3-4-10-24)20-12-17-11-18(14-20)15-21(23)13-17/h5-8,17-18,20-21H,2-4,9-15H2,1H3. The number of amides is 1. The second-order valence-corrected chi connectivity index (χ2v) is 9.22. The minimum atomic E-state index is -0.204. The molecule has 0 N–H and O–H groups in total. The summed E-state index contributed by atoms with van der Waals surface area (Å²) < 4.78 is 0. The van der Waals surface area contributed by atoms with E-state index in [9.17, 15) is 4.79 Å². The largest absolute Gasteiger partial charge is 0.342 e. The van der Waals surface area contributed by atoms with Crippen LogP contribution < -0.4 is 0 Å². The summed E-state index contributed by atoms with van der Waals surface area (Å²) in [5.74, 6) is 3.46. The molecule has 134 valence electrons. The lowest BCUT2D eigenvalue weighted by Crippen LogP contribution is -2.62. The van der Waals surface area contributed by atoms with Gasteiger partial charge in [0.25, 0.3) is 0 Å². The molecule has 0 spiro atoms. The Balaban J connectivity index is 1.61. The molecular formula is C23H31NO. The zero-order chi connectivity index (χ0) is 17.0. The SMILES string of the molecule is CCc1ccc(C2(C(=O)N3CCCC3)C3CC4CC(C3)CC2C4)cc1. The summed E-state index contributed by atoms with van der Waals surface area (Å²) >= 11 is 0. The van der Waals surface area contributed by atoms with Crippen molar-refractivity contribution in [1.29, 1.82) is 0 Å². The van der Waals surface area contributed by atoms with Crippen LogP contribution in [0.15, 0.2) is 24.3 Å². The molecule has 2 heteroatoms. The fraction of sp³-hybridized carbons (Fsp3) is 0.696. The van der Waals surface area contributed by atoms with Gasteiger partial charge < -0.3 is 4.90 Å². The molecule has 0 unspecified atom stereocenters. The molecule has 1 aliphatic heterocycles. The number of rotatable bonds is 3. The Kier molecular flexibility index (Phi) is 3.73. The summed E-state index contributed by atoms with van der Waals surface area (Å²) in [5, 5.41) is 0. The number of nitrogens with zero attached hydrogens (tertiary/aromatic N) is 1. The number of hydrogen-bond acceptors (Lipinski definition) is 1. The second kappa shape index (κ2) is 5.86. The van der Waals surface area contributed by atoms with Gasteiger partial charge >= 0.3 is 0 Å². The lowest BCUT2D eigenvalue weighted by Gasteiger charge is -2.61. The summed E-state index contributed by atoms with van der Waals surface area (Å²) in [5.41, 5.74) is 2.52. The first-order valence-corrected chi connectivity index (χ1v) is 10.6. The van der Waals surface area contributed by atoms with Crippen LogP contribution in [0.1, 0.15) is 63.0 Å². The zero-order valence-corrected chi connectivity index (χ0v) is 15.5. The quantitative estimate of drug-likeness (QED) is 0.791. The third-order valence-corrected chi connectivity index (χ3v) is 8.01. The molecule has 25 heavy (non-hydrogen) atoms. The highest BCUT2D eigenvalue weighted by atomic mass is 16.2. The summed E-state index contributed by atoms with van der Waals surface area (Å²) in [6.45, 7) is 4.18. The van der Waals surface area contributed by atoms with Crippen LogP contribution in [0.4, 0.5) is 0 Å². The van der Waals surface area contributed by atoms with E-state index in [1.54, 1.807) is 0 Å². The molecule has 6 rings (SSSR count). The molecule has 5 aliphatic rings. The number of aryl methyl sites for hydroxylation is 1. The number of carbonyl (C=O) groups is 1. The van der Waals surface area contributed by atoms with E-state index < -0.39 is 0 Å². The molecule has 4 aliphatic carbocycles. The van der Waals surface area contributed by atoms with E-state index in [4.69, 9.17) is 0 Å². The average molecular weight is 338 g/mol. The Bertz CT molecular complexity index is 627. The molecule has 4 saturated carbocycles. The maximum Gasteiger partial charge on any atom is 0.233 e. The summed E-state index contributed by atoms with van der Waals surface area (Å²) in [7, 11) is 0. The molecule has 0 atom stereocenters. The lowest BCUT2D eigenvalue weighted by molar-refractivity contribution is -0.154. The predicted octanol–water partition coefficient (Wildman–Crippen LogP) is 4.57. The lowest BCUT2D eigenvalue weighted by atomic mass is 9.43. The van der Waals surface area contributed by atoms with Crippen molar-refractivity contribution in [1.82, 2.24) is 4.90 Å². The first-order valence-electron chi connectivity index (χ1n) is 10.6. The molecule has 0 radical (unpaired) electrons. The van der Waals surface area contributed by atoms with Crippen molar-refractivity contribution in [2.45, 2.75) is 63.7 Å². The molecule has 1 aromatic carbocycles. The van der Waals surface area contributed by atoms with Crippen LogP contribution in [0, 0.1) is 23.7 Å². The Morgan fingerprint density at radius 2 is 1.52 bits per heavy atom. The number of hydrogen-bond donors (Lipinski definition) is 0. The predicted molar refractivity (Wildman–Crippen MR) is 100 cm³/mol. The van der Waals surface area contributed by atoms with Crippen LogP contribution in [0.2, 0.25) is 0 Å². The van der Waals surface area contributed by atoms with Gasteiger partial charge in [0, 0.05) is 13.1 Å². The van der Waals surface area contributed by atoms with Crippen molar-refractivity contribution in [2.24, 2.45) is 23.7 Å². The monoisotopic (exact) mass is 337 g/mol. The van der Waals surface area contributed by atoms with Gasteiger partial charge in [-0.05, 0) is 86.2 Å². The van der Waals surface area contributed by atoms with Gasteiger partial charge in [-0.2, -0.15) is 0 Å². The first-order chi connectivity index (χ1) is 12.2. The van der Waals surface area contributed by atoms with Crippen LogP contribution in [-0.4, -0.2) is 23.9 Å². The van der Waals surface area contributed by atoms with Gasteiger partial charge in [0.1, 0.15) is 0 Å². The van der Waals surface area contributed by atoms with E-state index in [0.29, 0.717) is 17.7 Å².